The first-order chi connectivity index (χ1) is 9.58. The van der Waals surface area contributed by atoms with Gasteiger partial charge in [0.15, 0.2) is 0 Å². The Bertz CT molecular complexity index is 311. The minimum Gasteiger partial charge on any atom is -0.480 e. The second-order valence-corrected chi connectivity index (χ2v) is 5.77. The number of carboxylic acid groups (broad SMARTS) is 1. The number of rotatable bonds is 8. The van der Waals surface area contributed by atoms with Gasteiger partial charge in [-0.15, -0.1) is 0 Å². The first-order valence-electron chi connectivity index (χ1n) is 7.72. The fraction of sp³-hybridized carbons (Fsp3) is 0.867. The maximum atomic E-state index is 12.1. The molecule has 1 amide bonds. The Hall–Kier alpha value is -1.10. The predicted molar refractivity (Wildman–Crippen MR) is 76.2 cm³/mol. The molecule has 0 heterocycles. The van der Waals surface area contributed by atoms with E-state index in [4.69, 9.17) is 10.2 Å². The predicted octanol–water partition coefficient (Wildman–Crippen LogP) is 1.93. The Morgan fingerprint density at radius 1 is 1.25 bits per heavy atom. The molecular formula is C15H27NO4. The average Bonchev–Trinajstić information content (AvgIpc) is 2.45. The lowest BCUT2D eigenvalue weighted by atomic mass is 9.79. The van der Waals surface area contributed by atoms with Gasteiger partial charge in [0.1, 0.15) is 6.04 Å². The van der Waals surface area contributed by atoms with E-state index in [0.717, 1.165) is 31.6 Å². The molecule has 0 aromatic rings. The number of aliphatic hydroxyl groups excluding tert-OH is 1. The van der Waals surface area contributed by atoms with E-state index >= 15 is 0 Å². The Morgan fingerprint density at radius 3 is 2.40 bits per heavy atom. The molecule has 116 valence electrons. The summed E-state index contributed by atoms with van der Waals surface area (Å²) in [6, 6.07) is -0.967. The number of aliphatic hydroxyl groups is 1. The lowest BCUT2D eigenvalue weighted by molar-refractivity contribution is -0.143. The molecule has 5 heteroatoms. The smallest absolute Gasteiger partial charge is 0.326 e. The Balaban J connectivity index is 2.36. The average molecular weight is 285 g/mol. The van der Waals surface area contributed by atoms with Crippen molar-refractivity contribution in [3.63, 3.8) is 0 Å². The van der Waals surface area contributed by atoms with Gasteiger partial charge >= 0.3 is 5.97 Å². The lowest BCUT2D eigenvalue weighted by Gasteiger charge is -2.28. The van der Waals surface area contributed by atoms with Gasteiger partial charge in [-0.2, -0.15) is 0 Å². The van der Waals surface area contributed by atoms with Crippen LogP contribution in [-0.4, -0.2) is 34.7 Å². The molecule has 1 rings (SSSR count). The van der Waals surface area contributed by atoms with Crippen LogP contribution in [0.1, 0.15) is 58.3 Å². The van der Waals surface area contributed by atoms with Crippen molar-refractivity contribution < 1.29 is 19.8 Å². The summed E-state index contributed by atoms with van der Waals surface area (Å²) in [7, 11) is 0. The van der Waals surface area contributed by atoms with Crippen molar-refractivity contribution >= 4 is 11.9 Å². The number of carbonyl (C=O) groups is 2. The zero-order chi connectivity index (χ0) is 15.0. The fourth-order valence-corrected chi connectivity index (χ4v) is 2.88. The highest BCUT2D eigenvalue weighted by atomic mass is 16.4. The number of hydrogen-bond acceptors (Lipinski definition) is 3. The summed E-state index contributed by atoms with van der Waals surface area (Å²) in [5.41, 5.74) is 0. The van der Waals surface area contributed by atoms with Gasteiger partial charge in [0.05, 0.1) is 0 Å². The topological polar surface area (TPSA) is 86.6 Å². The summed E-state index contributed by atoms with van der Waals surface area (Å²) >= 11 is 0. The van der Waals surface area contributed by atoms with E-state index in [2.05, 4.69) is 12.2 Å². The van der Waals surface area contributed by atoms with Gasteiger partial charge in [-0.1, -0.05) is 26.2 Å². The molecule has 5 nitrogen and oxygen atoms in total. The summed E-state index contributed by atoms with van der Waals surface area (Å²) in [4.78, 5) is 23.0. The molecule has 1 saturated carbocycles. The molecule has 0 unspecified atom stereocenters. The van der Waals surface area contributed by atoms with Crippen molar-refractivity contribution in [1.82, 2.24) is 5.32 Å². The third kappa shape index (κ3) is 5.49. The second-order valence-electron chi connectivity index (χ2n) is 5.77. The van der Waals surface area contributed by atoms with Gasteiger partial charge in [-0.05, 0) is 31.6 Å². The van der Waals surface area contributed by atoms with Gasteiger partial charge in [0.2, 0.25) is 5.91 Å². The molecule has 0 aromatic heterocycles. The van der Waals surface area contributed by atoms with E-state index < -0.39 is 12.0 Å². The van der Waals surface area contributed by atoms with Crippen LogP contribution in [0.2, 0.25) is 0 Å². The van der Waals surface area contributed by atoms with E-state index in [-0.39, 0.29) is 24.9 Å². The molecule has 3 N–H and O–H groups in total. The Kier molecular flexibility index (Phi) is 7.59. The normalized spacial score (nSPS) is 24.1. The summed E-state index contributed by atoms with van der Waals surface area (Å²) in [6.45, 7) is 1.95. The number of amides is 1. The maximum Gasteiger partial charge on any atom is 0.326 e. The standard InChI is InChI=1S/C15H27NO4/c1-2-3-4-11-5-7-12(8-6-11)14(18)16-13(9-10-17)15(19)20/h11-13,17H,2-10H2,1H3,(H,16,18)(H,19,20)/t11?,12?,13-/m0/s1. The molecule has 20 heavy (non-hydrogen) atoms. The molecular weight excluding hydrogens is 258 g/mol. The summed E-state index contributed by atoms with van der Waals surface area (Å²) < 4.78 is 0. The number of unbranched alkanes of at least 4 members (excludes halogenated alkanes) is 1. The molecule has 0 aliphatic heterocycles. The molecule has 0 saturated heterocycles. The highest BCUT2D eigenvalue weighted by Gasteiger charge is 2.28. The quantitative estimate of drug-likeness (QED) is 0.636. The summed E-state index contributed by atoms with van der Waals surface area (Å²) in [5, 5.41) is 20.3. The number of carboxylic acids is 1. The van der Waals surface area contributed by atoms with Crippen LogP contribution >= 0.6 is 0 Å². The first kappa shape index (κ1) is 17.0. The second kappa shape index (κ2) is 8.95. The Morgan fingerprint density at radius 2 is 1.90 bits per heavy atom. The van der Waals surface area contributed by atoms with Crippen LogP contribution < -0.4 is 5.32 Å². The van der Waals surface area contributed by atoms with Gasteiger partial charge in [-0.25, -0.2) is 4.79 Å². The van der Waals surface area contributed by atoms with Crippen LogP contribution in [0, 0.1) is 11.8 Å². The third-order valence-corrected chi connectivity index (χ3v) is 4.22. The van der Waals surface area contributed by atoms with E-state index in [1.54, 1.807) is 0 Å². The molecule has 0 bridgehead atoms. The number of hydrogen-bond donors (Lipinski definition) is 3. The van der Waals surface area contributed by atoms with E-state index in [9.17, 15) is 9.59 Å². The van der Waals surface area contributed by atoms with Crippen LogP contribution in [0.15, 0.2) is 0 Å². The minimum atomic E-state index is -1.08. The summed E-state index contributed by atoms with van der Waals surface area (Å²) in [6.07, 6.45) is 7.60. The van der Waals surface area contributed by atoms with Crippen molar-refractivity contribution in [3.8, 4) is 0 Å². The van der Waals surface area contributed by atoms with Crippen LogP contribution in [0.5, 0.6) is 0 Å². The zero-order valence-corrected chi connectivity index (χ0v) is 12.3. The molecule has 1 aliphatic rings. The van der Waals surface area contributed by atoms with Crippen LogP contribution in [0.25, 0.3) is 0 Å². The largest absolute Gasteiger partial charge is 0.480 e. The van der Waals surface area contributed by atoms with Crippen LogP contribution in [0.3, 0.4) is 0 Å². The molecule has 1 atom stereocenters. The summed E-state index contributed by atoms with van der Waals surface area (Å²) in [5.74, 6) is -0.580. The van der Waals surface area contributed by atoms with Crippen molar-refractivity contribution in [2.24, 2.45) is 11.8 Å². The van der Waals surface area contributed by atoms with Gasteiger partial charge in [0, 0.05) is 18.9 Å². The monoisotopic (exact) mass is 285 g/mol. The SMILES string of the molecule is CCCCC1CCC(C(=O)N[C@@H](CCO)C(=O)O)CC1. The fourth-order valence-electron chi connectivity index (χ4n) is 2.88. The highest BCUT2D eigenvalue weighted by molar-refractivity contribution is 5.84. The molecule has 0 aromatic carbocycles. The van der Waals surface area contributed by atoms with Gasteiger partial charge in [0.25, 0.3) is 0 Å². The highest BCUT2D eigenvalue weighted by Crippen LogP contribution is 2.32. The number of nitrogens with one attached hydrogen (secondary N) is 1. The first-order valence-corrected chi connectivity index (χ1v) is 7.72. The number of carbonyl (C=O) groups excluding carboxylic acids is 1. The van der Waals surface area contributed by atoms with Crippen LogP contribution in [-0.2, 0) is 9.59 Å². The lowest BCUT2D eigenvalue weighted by Crippen LogP contribution is -2.44. The van der Waals surface area contributed by atoms with E-state index in [1.165, 1.54) is 19.3 Å². The van der Waals surface area contributed by atoms with Crippen molar-refractivity contribution in [3.05, 3.63) is 0 Å². The zero-order valence-electron chi connectivity index (χ0n) is 12.3. The van der Waals surface area contributed by atoms with Gasteiger partial charge in [-0.3, -0.25) is 4.79 Å². The minimum absolute atomic E-state index is 0.0616. The van der Waals surface area contributed by atoms with Crippen molar-refractivity contribution in [2.45, 2.75) is 64.3 Å². The van der Waals surface area contributed by atoms with Crippen LogP contribution in [0.4, 0.5) is 0 Å². The number of aliphatic carboxylic acids is 1. The third-order valence-electron chi connectivity index (χ3n) is 4.22. The van der Waals surface area contributed by atoms with Crippen molar-refractivity contribution in [1.29, 1.82) is 0 Å². The molecule has 1 aliphatic carbocycles. The Labute approximate surface area is 120 Å². The molecule has 0 spiro atoms. The van der Waals surface area contributed by atoms with E-state index in [0.29, 0.717) is 0 Å². The van der Waals surface area contributed by atoms with Gasteiger partial charge < -0.3 is 15.5 Å². The molecule has 0 radical (unpaired) electrons. The van der Waals surface area contributed by atoms with Crippen molar-refractivity contribution in [2.75, 3.05) is 6.61 Å². The molecule has 1 fully saturated rings. The maximum absolute atomic E-state index is 12.1. The van der Waals surface area contributed by atoms with E-state index in [1.807, 2.05) is 0 Å².